The molecule has 0 spiro atoms. The molecule has 0 unspecified atom stereocenters. The third-order valence-electron chi connectivity index (χ3n) is 4.23. The predicted molar refractivity (Wildman–Crippen MR) is 69.5 cm³/mol. The lowest BCUT2D eigenvalue weighted by molar-refractivity contribution is -0.156. The first-order valence-corrected chi connectivity index (χ1v) is 8.24. The van der Waals surface area contributed by atoms with E-state index in [1.807, 2.05) is 0 Å². The Balaban J connectivity index is 2.18. The molecule has 0 aromatic carbocycles. The number of nitrogens with zero attached hydrogens (tertiary/aromatic N) is 1. The highest BCUT2D eigenvalue weighted by Gasteiger charge is 2.51. The van der Waals surface area contributed by atoms with Crippen LogP contribution >= 0.6 is 0 Å². The van der Waals surface area contributed by atoms with Crippen molar-refractivity contribution in [2.75, 3.05) is 19.4 Å². The Kier molecular flexibility index (Phi) is 4.06. The van der Waals surface area contributed by atoms with Crippen LogP contribution in [0, 0.1) is 5.41 Å². The lowest BCUT2D eigenvalue weighted by Crippen LogP contribution is -2.50. The monoisotopic (exact) mass is 305 g/mol. The van der Waals surface area contributed by atoms with E-state index in [1.165, 1.54) is 7.11 Å². The second-order valence-corrected chi connectivity index (χ2v) is 7.41. The largest absolute Gasteiger partial charge is 0.480 e. The van der Waals surface area contributed by atoms with Gasteiger partial charge < -0.3 is 9.84 Å². The number of hydrogen-bond donors (Lipinski definition) is 1. The molecule has 0 bridgehead atoms. The van der Waals surface area contributed by atoms with Crippen molar-refractivity contribution in [3.8, 4) is 0 Å². The van der Waals surface area contributed by atoms with E-state index in [2.05, 4.69) is 0 Å². The lowest BCUT2D eigenvalue weighted by atomic mass is 9.70. The van der Waals surface area contributed by atoms with Crippen LogP contribution in [0.1, 0.15) is 32.1 Å². The van der Waals surface area contributed by atoms with E-state index in [-0.39, 0.29) is 12.3 Å². The van der Waals surface area contributed by atoms with Crippen LogP contribution < -0.4 is 0 Å². The van der Waals surface area contributed by atoms with E-state index in [0.717, 1.165) is 10.7 Å². The van der Waals surface area contributed by atoms with Gasteiger partial charge in [0.1, 0.15) is 6.04 Å². The lowest BCUT2D eigenvalue weighted by Gasteiger charge is -2.39. The smallest absolute Gasteiger partial charge is 0.322 e. The van der Waals surface area contributed by atoms with Crippen molar-refractivity contribution in [1.29, 1.82) is 0 Å². The van der Waals surface area contributed by atoms with Gasteiger partial charge in [0.15, 0.2) is 0 Å². The topological polar surface area (TPSA) is 101 Å². The zero-order valence-electron chi connectivity index (χ0n) is 11.4. The van der Waals surface area contributed by atoms with E-state index >= 15 is 0 Å². The van der Waals surface area contributed by atoms with Gasteiger partial charge in [-0.05, 0) is 25.7 Å². The average Bonchev–Trinajstić information content (AvgIpc) is 2.83. The first-order chi connectivity index (χ1) is 9.32. The summed E-state index contributed by atoms with van der Waals surface area (Å²) in [6.45, 7) is 0.205. The molecule has 8 heteroatoms. The van der Waals surface area contributed by atoms with Gasteiger partial charge in [0.05, 0.1) is 18.3 Å². The number of rotatable bonds is 5. The third-order valence-corrected chi connectivity index (χ3v) is 6.30. The van der Waals surface area contributed by atoms with Crippen LogP contribution in [0.15, 0.2) is 0 Å². The number of esters is 1. The molecule has 1 saturated carbocycles. The minimum absolute atomic E-state index is 0.205. The molecule has 1 aliphatic carbocycles. The first kappa shape index (κ1) is 15.2. The van der Waals surface area contributed by atoms with Gasteiger partial charge >= 0.3 is 11.9 Å². The quantitative estimate of drug-likeness (QED) is 0.729. The Bertz CT molecular complexity index is 510. The fourth-order valence-corrected chi connectivity index (χ4v) is 5.24. The van der Waals surface area contributed by atoms with Gasteiger partial charge in [0.25, 0.3) is 0 Å². The van der Waals surface area contributed by atoms with Crippen LogP contribution in [0.4, 0.5) is 0 Å². The van der Waals surface area contributed by atoms with Gasteiger partial charge in [-0.2, -0.15) is 4.31 Å². The zero-order valence-corrected chi connectivity index (χ0v) is 12.2. The summed E-state index contributed by atoms with van der Waals surface area (Å²) in [7, 11) is -2.54. The molecule has 20 heavy (non-hydrogen) atoms. The summed E-state index contributed by atoms with van der Waals surface area (Å²) in [5, 5.41) is 9.07. The maximum atomic E-state index is 12.4. The minimum atomic E-state index is -3.78. The number of carbonyl (C=O) groups excluding carboxylic acids is 1. The second-order valence-electron chi connectivity index (χ2n) is 5.49. The van der Waals surface area contributed by atoms with Crippen molar-refractivity contribution in [3.05, 3.63) is 0 Å². The molecule has 7 nitrogen and oxygen atoms in total. The van der Waals surface area contributed by atoms with E-state index in [9.17, 15) is 18.0 Å². The normalized spacial score (nSPS) is 25.9. The van der Waals surface area contributed by atoms with E-state index in [4.69, 9.17) is 9.84 Å². The number of carboxylic acids is 1. The number of methoxy groups -OCH3 is 1. The van der Waals surface area contributed by atoms with Crippen molar-refractivity contribution in [1.82, 2.24) is 4.31 Å². The molecule has 1 atom stereocenters. The Morgan fingerprint density at radius 3 is 2.45 bits per heavy atom. The van der Waals surface area contributed by atoms with Crippen LogP contribution in [-0.2, 0) is 24.3 Å². The third kappa shape index (κ3) is 2.54. The molecule has 114 valence electrons. The summed E-state index contributed by atoms with van der Waals surface area (Å²) < 4.78 is 30.6. The standard InChI is InChI=1S/C12H19NO6S/c1-19-11(16)12(5-3-6-12)8-20(17,18)13-7-2-4-9(13)10(14)15/h9H,2-8H2,1H3,(H,14,15)/t9-/m0/s1. The number of carboxylic acid groups (broad SMARTS) is 1. The fourth-order valence-electron chi connectivity index (χ4n) is 2.98. The Morgan fingerprint density at radius 1 is 1.35 bits per heavy atom. The van der Waals surface area contributed by atoms with Crippen LogP contribution in [-0.4, -0.2) is 55.2 Å². The second kappa shape index (κ2) is 5.33. The summed E-state index contributed by atoms with van der Waals surface area (Å²) in [5.41, 5.74) is -0.987. The number of sulfonamides is 1. The molecule has 0 aromatic rings. The molecule has 0 aromatic heterocycles. The van der Waals surface area contributed by atoms with Crippen LogP contribution in [0.3, 0.4) is 0 Å². The highest BCUT2D eigenvalue weighted by atomic mass is 32.2. The molecule has 2 aliphatic rings. The molecule has 0 radical (unpaired) electrons. The maximum Gasteiger partial charge on any atom is 0.322 e. The van der Waals surface area contributed by atoms with Crippen LogP contribution in [0.2, 0.25) is 0 Å². The van der Waals surface area contributed by atoms with Crippen molar-refractivity contribution < 1.29 is 27.9 Å². The van der Waals surface area contributed by atoms with Gasteiger partial charge in [-0.3, -0.25) is 9.59 Å². The van der Waals surface area contributed by atoms with Gasteiger partial charge in [-0.1, -0.05) is 6.42 Å². The predicted octanol–water partition coefficient (Wildman–Crippen LogP) is 0.208. The number of carbonyl (C=O) groups is 2. The first-order valence-electron chi connectivity index (χ1n) is 6.63. The molecule has 1 heterocycles. The molecule has 1 saturated heterocycles. The Labute approximate surface area is 117 Å². The number of ether oxygens (including phenoxy) is 1. The highest BCUT2D eigenvalue weighted by Crippen LogP contribution is 2.44. The average molecular weight is 305 g/mol. The highest BCUT2D eigenvalue weighted by molar-refractivity contribution is 7.89. The summed E-state index contributed by atoms with van der Waals surface area (Å²) in [5.74, 6) is -2.00. The van der Waals surface area contributed by atoms with Crippen molar-refractivity contribution >= 4 is 22.0 Å². The van der Waals surface area contributed by atoms with E-state index < -0.39 is 33.4 Å². The van der Waals surface area contributed by atoms with Crippen LogP contribution in [0.25, 0.3) is 0 Å². The maximum absolute atomic E-state index is 12.4. The number of aliphatic carboxylic acids is 1. The number of hydrogen-bond acceptors (Lipinski definition) is 5. The summed E-state index contributed by atoms with van der Waals surface area (Å²) in [4.78, 5) is 22.9. The molecule has 1 N–H and O–H groups in total. The van der Waals surface area contributed by atoms with Crippen molar-refractivity contribution in [2.24, 2.45) is 5.41 Å². The summed E-state index contributed by atoms with van der Waals surface area (Å²) >= 11 is 0. The molecule has 2 rings (SSSR count). The fraction of sp³-hybridized carbons (Fsp3) is 0.833. The van der Waals surface area contributed by atoms with Gasteiger partial charge in [0, 0.05) is 6.54 Å². The van der Waals surface area contributed by atoms with Gasteiger partial charge in [-0.25, -0.2) is 8.42 Å². The Morgan fingerprint density at radius 2 is 2.00 bits per heavy atom. The van der Waals surface area contributed by atoms with Crippen molar-refractivity contribution in [2.45, 2.75) is 38.1 Å². The molecule has 1 aliphatic heterocycles. The SMILES string of the molecule is COC(=O)C1(CS(=O)(=O)N2CCC[C@H]2C(=O)O)CCC1. The van der Waals surface area contributed by atoms with Crippen LogP contribution in [0.5, 0.6) is 0 Å². The Hall–Kier alpha value is -1.15. The van der Waals surface area contributed by atoms with Crippen molar-refractivity contribution in [3.63, 3.8) is 0 Å². The minimum Gasteiger partial charge on any atom is -0.480 e. The molecule has 2 fully saturated rings. The molecule has 0 amide bonds. The van der Waals surface area contributed by atoms with Gasteiger partial charge in [-0.15, -0.1) is 0 Å². The summed E-state index contributed by atoms with van der Waals surface area (Å²) in [6, 6.07) is -1.00. The molecular formula is C12H19NO6S. The molecular weight excluding hydrogens is 286 g/mol. The van der Waals surface area contributed by atoms with Gasteiger partial charge in [0.2, 0.25) is 10.0 Å². The van der Waals surface area contributed by atoms with E-state index in [0.29, 0.717) is 25.7 Å². The summed E-state index contributed by atoms with van der Waals surface area (Å²) in [6.07, 6.45) is 2.59. The zero-order chi connectivity index (χ0) is 15.0. The van der Waals surface area contributed by atoms with E-state index in [1.54, 1.807) is 0 Å².